The molecule has 0 unspecified atom stereocenters. The number of nitrogens with one attached hydrogen (secondary N) is 1. The van der Waals surface area contributed by atoms with Crippen molar-refractivity contribution in [1.82, 2.24) is 5.43 Å². The molecule has 0 spiro atoms. The maximum atomic E-state index is 12.8. The van der Waals surface area contributed by atoms with Crippen molar-refractivity contribution in [2.75, 3.05) is 6.61 Å². The Balaban J connectivity index is 1.51. The van der Waals surface area contributed by atoms with Gasteiger partial charge in [-0.1, -0.05) is 80.0 Å². The van der Waals surface area contributed by atoms with E-state index in [-0.39, 0.29) is 18.1 Å². The summed E-state index contributed by atoms with van der Waals surface area (Å²) in [6.45, 7) is 5.93. The summed E-state index contributed by atoms with van der Waals surface area (Å²) in [4.78, 5) is 25.3. The van der Waals surface area contributed by atoms with Crippen molar-refractivity contribution in [3.05, 3.63) is 106 Å². The molecule has 0 bridgehead atoms. The molecule has 4 aromatic rings. The average Bonchev–Trinajstić information content (AvgIpc) is 2.88. The Morgan fingerprint density at radius 1 is 0.973 bits per heavy atom. The number of esters is 1. The minimum absolute atomic E-state index is 0.190. The highest BCUT2D eigenvalue weighted by molar-refractivity contribution is 6.33. The molecule has 0 aliphatic carbocycles. The molecule has 0 aliphatic heterocycles. The molecule has 1 amide bonds. The standard InChI is InChI=1S/C30H27ClN2O4/c1-19(2)22-14-12-20(3)16-28(22)36-18-29(34)33-32-17-25-23-9-5-4-8-21(23)13-15-27(25)37-30(35)24-10-6-7-11-26(24)31/h4-17,19H,18H2,1-3H3,(H,33,34). The predicted molar refractivity (Wildman–Crippen MR) is 147 cm³/mol. The second-order valence-electron chi connectivity index (χ2n) is 8.85. The van der Waals surface area contributed by atoms with Gasteiger partial charge in [0.2, 0.25) is 0 Å². The molecule has 0 saturated carbocycles. The molecule has 188 valence electrons. The van der Waals surface area contributed by atoms with E-state index in [0.717, 1.165) is 21.9 Å². The number of halogens is 1. The maximum Gasteiger partial charge on any atom is 0.345 e. The van der Waals surface area contributed by atoms with Crippen LogP contribution in [0.4, 0.5) is 0 Å². The number of fused-ring (bicyclic) bond motifs is 1. The van der Waals surface area contributed by atoms with Crippen LogP contribution in [0.25, 0.3) is 10.8 Å². The van der Waals surface area contributed by atoms with E-state index in [1.54, 1.807) is 30.3 Å². The van der Waals surface area contributed by atoms with Gasteiger partial charge in [0.15, 0.2) is 6.61 Å². The number of nitrogens with zero attached hydrogens (tertiary/aromatic N) is 1. The summed E-state index contributed by atoms with van der Waals surface area (Å²) >= 11 is 6.16. The fourth-order valence-electron chi connectivity index (χ4n) is 3.87. The number of carbonyl (C=O) groups is 2. The van der Waals surface area contributed by atoms with Gasteiger partial charge in [-0.25, -0.2) is 10.2 Å². The van der Waals surface area contributed by atoms with Crippen LogP contribution >= 0.6 is 11.6 Å². The molecular weight excluding hydrogens is 488 g/mol. The van der Waals surface area contributed by atoms with Gasteiger partial charge in [-0.05, 0) is 59.0 Å². The Morgan fingerprint density at radius 3 is 2.51 bits per heavy atom. The molecular formula is C30H27ClN2O4. The third kappa shape index (κ3) is 6.35. The average molecular weight is 515 g/mol. The maximum absolute atomic E-state index is 12.8. The summed E-state index contributed by atoms with van der Waals surface area (Å²) in [5.74, 6) is 0.223. The molecule has 37 heavy (non-hydrogen) atoms. The Kier molecular flexibility index (Phi) is 8.21. The van der Waals surface area contributed by atoms with Gasteiger partial charge in [0.1, 0.15) is 11.5 Å². The SMILES string of the molecule is Cc1ccc(C(C)C)c(OCC(=O)NN=Cc2c(OC(=O)c3ccccc3Cl)ccc3ccccc23)c1. The first-order valence-corrected chi connectivity index (χ1v) is 12.2. The lowest BCUT2D eigenvalue weighted by Crippen LogP contribution is -2.25. The summed E-state index contributed by atoms with van der Waals surface area (Å²) in [6, 6.07) is 23.8. The van der Waals surface area contributed by atoms with Crippen molar-refractivity contribution in [3.8, 4) is 11.5 Å². The van der Waals surface area contributed by atoms with Crippen LogP contribution in [0, 0.1) is 6.92 Å². The minimum Gasteiger partial charge on any atom is -0.483 e. The first-order valence-electron chi connectivity index (χ1n) is 11.9. The van der Waals surface area contributed by atoms with E-state index < -0.39 is 11.9 Å². The summed E-state index contributed by atoms with van der Waals surface area (Å²) in [6.07, 6.45) is 1.46. The molecule has 0 atom stereocenters. The number of ether oxygens (including phenoxy) is 2. The zero-order valence-electron chi connectivity index (χ0n) is 20.8. The van der Waals surface area contributed by atoms with Crippen LogP contribution in [0.2, 0.25) is 5.02 Å². The predicted octanol–water partition coefficient (Wildman–Crippen LogP) is 6.67. The second kappa shape index (κ2) is 11.7. The van der Waals surface area contributed by atoms with Gasteiger partial charge in [-0.15, -0.1) is 0 Å². The van der Waals surface area contributed by atoms with Crippen LogP contribution < -0.4 is 14.9 Å². The van der Waals surface area contributed by atoms with E-state index in [0.29, 0.717) is 22.1 Å². The zero-order chi connectivity index (χ0) is 26.4. The van der Waals surface area contributed by atoms with Crippen LogP contribution in [0.1, 0.15) is 46.8 Å². The van der Waals surface area contributed by atoms with E-state index in [9.17, 15) is 9.59 Å². The van der Waals surface area contributed by atoms with E-state index in [1.165, 1.54) is 6.21 Å². The molecule has 4 aromatic carbocycles. The number of hydrogen-bond donors (Lipinski definition) is 1. The van der Waals surface area contributed by atoms with Crippen molar-refractivity contribution >= 4 is 40.5 Å². The number of carbonyl (C=O) groups excluding carboxylic acids is 2. The van der Waals surface area contributed by atoms with Gasteiger partial charge in [0.05, 0.1) is 16.8 Å². The van der Waals surface area contributed by atoms with Crippen LogP contribution in [0.5, 0.6) is 11.5 Å². The van der Waals surface area contributed by atoms with Gasteiger partial charge in [0, 0.05) is 5.56 Å². The number of benzene rings is 4. The van der Waals surface area contributed by atoms with Crippen LogP contribution in [-0.2, 0) is 4.79 Å². The van der Waals surface area contributed by atoms with E-state index in [1.807, 2.05) is 55.5 Å². The van der Waals surface area contributed by atoms with Gasteiger partial charge >= 0.3 is 5.97 Å². The van der Waals surface area contributed by atoms with E-state index in [2.05, 4.69) is 24.4 Å². The molecule has 0 aliphatic rings. The summed E-state index contributed by atoms with van der Waals surface area (Å²) in [5, 5.41) is 6.15. The van der Waals surface area contributed by atoms with Gasteiger partial charge in [0.25, 0.3) is 5.91 Å². The summed E-state index contributed by atoms with van der Waals surface area (Å²) < 4.78 is 11.5. The number of amides is 1. The topological polar surface area (TPSA) is 77.0 Å². The van der Waals surface area contributed by atoms with Gasteiger partial charge in [-0.2, -0.15) is 5.10 Å². The molecule has 7 heteroatoms. The highest BCUT2D eigenvalue weighted by atomic mass is 35.5. The van der Waals surface area contributed by atoms with Gasteiger partial charge in [-0.3, -0.25) is 4.79 Å². The quantitative estimate of drug-likeness (QED) is 0.123. The molecule has 0 saturated heterocycles. The Bertz CT molecular complexity index is 1480. The molecule has 0 radical (unpaired) electrons. The summed E-state index contributed by atoms with van der Waals surface area (Å²) in [5.41, 5.74) is 5.37. The summed E-state index contributed by atoms with van der Waals surface area (Å²) in [7, 11) is 0. The fraction of sp³-hybridized carbons (Fsp3) is 0.167. The van der Waals surface area contributed by atoms with Crippen LogP contribution in [0.15, 0.2) is 84.0 Å². The minimum atomic E-state index is -0.591. The molecule has 6 nitrogen and oxygen atoms in total. The highest BCUT2D eigenvalue weighted by Gasteiger charge is 2.16. The van der Waals surface area contributed by atoms with E-state index in [4.69, 9.17) is 21.1 Å². The number of rotatable bonds is 8. The molecule has 0 heterocycles. The largest absolute Gasteiger partial charge is 0.483 e. The fourth-order valence-corrected chi connectivity index (χ4v) is 4.08. The Morgan fingerprint density at radius 2 is 1.73 bits per heavy atom. The number of aryl methyl sites for hydroxylation is 1. The molecule has 1 N–H and O–H groups in total. The van der Waals surface area contributed by atoms with Crippen molar-refractivity contribution in [2.45, 2.75) is 26.7 Å². The normalized spacial score (nSPS) is 11.2. The third-order valence-electron chi connectivity index (χ3n) is 5.76. The second-order valence-corrected chi connectivity index (χ2v) is 9.25. The Hall–Kier alpha value is -4.16. The first kappa shape index (κ1) is 25.9. The van der Waals surface area contributed by atoms with Crippen LogP contribution in [0.3, 0.4) is 0 Å². The first-order chi connectivity index (χ1) is 17.8. The monoisotopic (exact) mass is 514 g/mol. The van der Waals surface area contributed by atoms with Gasteiger partial charge < -0.3 is 9.47 Å². The van der Waals surface area contributed by atoms with Crippen LogP contribution in [-0.4, -0.2) is 24.7 Å². The lowest BCUT2D eigenvalue weighted by atomic mass is 10.0. The van der Waals surface area contributed by atoms with Crippen molar-refractivity contribution in [1.29, 1.82) is 0 Å². The van der Waals surface area contributed by atoms with E-state index >= 15 is 0 Å². The molecule has 0 fully saturated rings. The number of hydrazone groups is 1. The molecule has 0 aromatic heterocycles. The smallest absolute Gasteiger partial charge is 0.345 e. The molecule has 4 rings (SSSR count). The van der Waals surface area contributed by atoms with Crippen molar-refractivity contribution in [3.63, 3.8) is 0 Å². The highest BCUT2D eigenvalue weighted by Crippen LogP contribution is 2.29. The van der Waals surface area contributed by atoms with Crippen molar-refractivity contribution < 1.29 is 19.1 Å². The lowest BCUT2D eigenvalue weighted by Gasteiger charge is -2.14. The Labute approximate surface area is 220 Å². The third-order valence-corrected chi connectivity index (χ3v) is 6.09. The zero-order valence-corrected chi connectivity index (χ0v) is 21.6. The number of hydrogen-bond acceptors (Lipinski definition) is 5. The van der Waals surface area contributed by atoms with Crippen molar-refractivity contribution in [2.24, 2.45) is 5.10 Å². The lowest BCUT2D eigenvalue weighted by molar-refractivity contribution is -0.123.